The van der Waals surface area contributed by atoms with Gasteiger partial charge in [-0.1, -0.05) is 20.3 Å². The maximum atomic E-state index is 9.23. The molecular formula is C12H23NO. The lowest BCUT2D eigenvalue weighted by Gasteiger charge is -2.28. The zero-order chi connectivity index (χ0) is 10.2. The van der Waals surface area contributed by atoms with Crippen molar-refractivity contribution in [2.45, 2.75) is 33.1 Å². The van der Waals surface area contributed by atoms with Gasteiger partial charge < -0.3 is 10.0 Å². The van der Waals surface area contributed by atoms with Gasteiger partial charge in [-0.05, 0) is 24.7 Å². The SMILES string of the molecule is CC(C)(CO)CN1CC2CCCC2C1. The van der Waals surface area contributed by atoms with Crippen LogP contribution in [0.3, 0.4) is 0 Å². The summed E-state index contributed by atoms with van der Waals surface area (Å²) >= 11 is 0. The lowest BCUT2D eigenvalue weighted by Crippen LogP contribution is -2.35. The minimum Gasteiger partial charge on any atom is -0.396 e. The van der Waals surface area contributed by atoms with Gasteiger partial charge >= 0.3 is 0 Å². The highest BCUT2D eigenvalue weighted by Gasteiger charge is 2.37. The molecule has 2 heteroatoms. The van der Waals surface area contributed by atoms with Crippen LogP contribution in [-0.4, -0.2) is 36.2 Å². The van der Waals surface area contributed by atoms with Gasteiger partial charge in [-0.3, -0.25) is 0 Å². The highest BCUT2D eigenvalue weighted by atomic mass is 16.3. The predicted molar refractivity (Wildman–Crippen MR) is 58.1 cm³/mol. The van der Waals surface area contributed by atoms with E-state index in [2.05, 4.69) is 18.7 Å². The molecule has 0 amide bonds. The average molecular weight is 197 g/mol. The van der Waals surface area contributed by atoms with Crippen molar-refractivity contribution in [2.75, 3.05) is 26.2 Å². The first-order chi connectivity index (χ1) is 6.61. The van der Waals surface area contributed by atoms with Crippen LogP contribution in [0, 0.1) is 17.3 Å². The zero-order valence-electron chi connectivity index (χ0n) is 9.50. The molecule has 82 valence electrons. The Morgan fingerprint density at radius 1 is 1.21 bits per heavy atom. The summed E-state index contributed by atoms with van der Waals surface area (Å²) in [4.78, 5) is 2.56. The van der Waals surface area contributed by atoms with E-state index in [9.17, 15) is 5.11 Å². The second-order valence-corrected chi connectivity index (χ2v) is 5.97. The van der Waals surface area contributed by atoms with Gasteiger partial charge in [-0.25, -0.2) is 0 Å². The average Bonchev–Trinajstić information content (AvgIpc) is 2.63. The molecule has 0 spiro atoms. The Morgan fingerprint density at radius 2 is 1.79 bits per heavy atom. The lowest BCUT2D eigenvalue weighted by atomic mass is 9.94. The van der Waals surface area contributed by atoms with Gasteiger partial charge in [-0.2, -0.15) is 0 Å². The number of aliphatic hydroxyl groups is 1. The lowest BCUT2D eigenvalue weighted by molar-refractivity contribution is 0.111. The number of rotatable bonds is 3. The van der Waals surface area contributed by atoms with Crippen molar-refractivity contribution in [3.05, 3.63) is 0 Å². The second-order valence-electron chi connectivity index (χ2n) is 5.97. The predicted octanol–water partition coefficient (Wildman–Crippen LogP) is 1.74. The standard InChI is InChI=1S/C12H23NO/c1-12(2,9-14)8-13-6-10-4-3-5-11(10)7-13/h10-11,14H,3-9H2,1-2H3. The van der Waals surface area contributed by atoms with Gasteiger partial charge in [0.25, 0.3) is 0 Å². The van der Waals surface area contributed by atoms with Crippen molar-refractivity contribution in [2.24, 2.45) is 17.3 Å². The third-order valence-corrected chi connectivity index (χ3v) is 3.88. The van der Waals surface area contributed by atoms with E-state index in [1.165, 1.54) is 32.4 Å². The molecule has 2 rings (SSSR count). The Hall–Kier alpha value is -0.0800. The van der Waals surface area contributed by atoms with Crippen LogP contribution >= 0.6 is 0 Å². The molecule has 0 aromatic heterocycles. The minimum atomic E-state index is 0.0820. The second kappa shape index (κ2) is 3.82. The Morgan fingerprint density at radius 3 is 2.29 bits per heavy atom. The summed E-state index contributed by atoms with van der Waals surface area (Å²) in [6.07, 6.45) is 4.34. The summed E-state index contributed by atoms with van der Waals surface area (Å²) in [5.74, 6) is 1.95. The normalized spacial score (nSPS) is 33.6. The Bertz CT molecular complexity index is 190. The molecule has 1 aliphatic carbocycles. The molecule has 2 atom stereocenters. The van der Waals surface area contributed by atoms with Gasteiger partial charge in [0.05, 0.1) is 0 Å². The summed E-state index contributed by atoms with van der Waals surface area (Å²) in [6, 6.07) is 0. The molecule has 0 radical (unpaired) electrons. The number of likely N-dealkylation sites (tertiary alicyclic amines) is 1. The van der Waals surface area contributed by atoms with E-state index < -0.39 is 0 Å². The molecule has 1 heterocycles. The van der Waals surface area contributed by atoms with Gasteiger partial charge in [-0.15, -0.1) is 0 Å². The number of hydrogen-bond donors (Lipinski definition) is 1. The highest BCUT2D eigenvalue weighted by Crippen LogP contribution is 2.38. The maximum Gasteiger partial charge on any atom is 0.0494 e. The van der Waals surface area contributed by atoms with Gasteiger partial charge in [0.1, 0.15) is 0 Å². The largest absolute Gasteiger partial charge is 0.396 e. The fourth-order valence-electron chi connectivity index (χ4n) is 3.12. The van der Waals surface area contributed by atoms with Gasteiger partial charge in [0.15, 0.2) is 0 Å². The quantitative estimate of drug-likeness (QED) is 0.745. The topological polar surface area (TPSA) is 23.5 Å². The van der Waals surface area contributed by atoms with Gasteiger partial charge in [0.2, 0.25) is 0 Å². The number of fused-ring (bicyclic) bond motifs is 1. The molecule has 2 unspecified atom stereocenters. The molecule has 2 nitrogen and oxygen atoms in total. The first-order valence-corrected chi connectivity index (χ1v) is 5.94. The van der Waals surface area contributed by atoms with Crippen LogP contribution in [0.2, 0.25) is 0 Å². The molecule has 14 heavy (non-hydrogen) atoms. The van der Waals surface area contributed by atoms with Crippen molar-refractivity contribution in [3.8, 4) is 0 Å². The van der Waals surface area contributed by atoms with Crippen LogP contribution in [0.25, 0.3) is 0 Å². The van der Waals surface area contributed by atoms with E-state index in [1.54, 1.807) is 0 Å². The maximum absolute atomic E-state index is 9.23. The summed E-state index contributed by atoms with van der Waals surface area (Å²) in [5.41, 5.74) is 0.0820. The van der Waals surface area contributed by atoms with Crippen molar-refractivity contribution in [1.29, 1.82) is 0 Å². The Balaban J connectivity index is 1.84. The third-order valence-electron chi connectivity index (χ3n) is 3.88. The van der Waals surface area contributed by atoms with Crippen molar-refractivity contribution in [1.82, 2.24) is 4.90 Å². The number of aliphatic hydroxyl groups excluding tert-OH is 1. The van der Waals surface area contributed by atoms with Crippen molar-refractivity contribution < 1.29 is 5.11 Å². The summed E-state index contributed by atoms with van der Waals surface area (Å²) in [5, 5.41) is 9.23. The van der Waals surface area contributed by atoms with Crippen molar-refractivity contribution >= 4 is 0 Å². The van der Waals surface area contributed by atoms with Crippen LogP contribution in [0.5, 0.6) is 0 Å². The highest BCUT2D eigenvalue weighted by molar-refractivity contribution is 4.90. The van der Waals surface area contributed by atoms with Crippen molar-refractivity contribution in [3.63, 3.8) is 0 Å². The van der Waals surface area contributed by atoms with E-state index in [0.717, 1.165) is 18.4 Å². The van der Waals surface area contributed by atoms with Crippen LogP contribution in [0.4, 0.5) is 0 Å². The third kappa shape index (κ3) is 2.12. The van der Waals surface area contributed by atoms with Crippen LogP contribution in [0.1, 0.15) is 33.1 Å². The molecule has 1 N–H and O–H groups in total. The Kier molecular flexibility index (Phi) is 2.85. The van der Waals surface area contributed by atoms with E-state index >= 15 is 0 Å². The van der Waals surface area contributed by atoms with Gasteiger partial charge in [0, 0.05) is 31.7 Å². The molecule has 2 aliphatic rings. The minimum absolute atomic E-state index is 0.0820. The fourth-order valence-corrected chi connectivity index (χ4v) is 3.12. The molecule has 0 bridgehead atoms. The Labute approximate surface area is 87.3 Å². The van der Waals surface area contributed by atoms with Crippen LogP contribution in [0.15, 0.2) is 0 Å². The summed E-state index contributed by atoms with van der Waals surface area (Å²) < 4.78 is 0. The first kappa shape index (κ1) is 10.4. The van der Waals surface area contributed by atoms with E-state index in [0.29, 0.717) is 6.61 Å². The summed E-state index contributed by atoms with van der Waals surface area (Å²) in [7, 11) is 0. The van der Waals surface area contributed by atoms with E-state index in [4.69, 9.17) is 0 Å². The monoisotopic (exact) mass is 197 g/mol. The van der Waals surface area contributed by atoms with E-state index in [1.807, 2.05) is 0 Å². The molecule has 1 saturated heterocycles. The zero-order valence-corrected chi connectivity index (χ0v) is 9.50. The fraction of sp³-hybridized carbons (Fsp3) is 1.00. The number of nitrogens with zero attached hydrogens (tertiary/aromatic N) is 1. The molecular weight excluding hydrogens is 174 g/mol. The van der Waals surface area contributed by atoms with E-state index in [-0.39, 0.29) is 5.41 Å². The smallest absolute Gasteiger partial charge is 0.0494 e. The molecule has 0 aromatic rings. The molecule has 1 aliphatic heterocycles. The molecule has 0 aromatic carbocycles. The summed E-state index contributed by atoms with van der Waals surface area (Å²) in [6.45, 7) is 8.25. The molecule has 2 fully saturated rings. The number of hydrogen-bond acceptors (Lipinski definition) is 2. The van der Waals surface area contributed by atoms with Crippen LogP contribution < -0.4 is 0 Å². The molecule has 1 saturated carbocycles. The van der Waals surface area contributed by atoms with Crippen LogP contribution in [-0.2, 0) is 0 Å². The first-order valence-electron chi connectivity index (χ1n) is 5.94.